The van der Waals surface area contributed by atoms with Gasteiger partial charge in [0, 0.05) is 0 Å². The molecule has 0 aromatic rings. The van der Waals surface area contributed by atoms with E-state index < -0.39 is 42.5 Å². The van der Waals surface area contributed by atoms with Crippen LogP contribution in [0.5, 0.6) is 0 Å². The molecule has 0 aromatic carbocycles. The highest BCUT2D eigenvalue weighted by Crippen LogP contribution is 2.42. The van der Waals surface area contributed by atoms with E-state index in [1.165, 1.54) is 0 Å². The Labute approximate surface area is 86.1 Å². The van der Waals surface area contributed by atoms with E-state index in [-0.39, 0.29) is 0 Å². The van der Waals surface area contributed by atoms with Gasteiger partial charge in [0.25, 0.3) is 0 Å². The summed E-state index contributed by atoms with van der Waals surface area (Å²) in [7, 11) is 0. The molecule has 0 spiro atoms. The molecule has 6 nitrogen and oxygen atoms in total. The Bertz CT molecular complexity index is 314. The lowest BCUT2D eigenvalue weighted by Crippen LogP contribution is -2.35. The quantitative estimate of drug-likeness (QED) is 0.532. The fourth-order valence-corrected chi connectivity index (χ4v) is 2.23. The first kappa shape index (κ1) is 9.53. The maximum Gasteiger partial charge on any atom is 0.338 e. The van der Waals surface area contributed by atoms with Gasteiger partial charge in [0.2, 0.25) is 0 Å². The summed E-state index contributed by atoms with van der Waals surface area (Å²) in [6, 6.07) is 0. The van der Waals surface area contributed by atoms with Crippen LogP contribution >= 0.6 is 0 Å². The maximum absolute atomic E-state index is 11.1. The van der Waals surface area contributed by atoms with Crippen LogP contribution in [0.15, 0.2) is 0 Å². The number of hydrogen-bond donors (Lipinski definition) is 1. The van der Waals surface area contributed by atoms with E-state index in [2.05, 4.69) is 0 Å². The van der Waals surface area contributed by atoms with Crippen molar-refractivity contribution in [2.45, 2.75) is 50.3 Å². The molecule has 1 N–H and O–H groups in total. The van der Waals surface area contributed by atoms with E-state index >= 15 is 0 Å². The number of aliphatic hydroxyl groups excluding tert-OH is 1. The van der Waals surface area contributed by atoms with Crippen LogP contribution in [-0.2, 0) is 23.7 Å². The Hall–Kier alpha value is -0.690. The van der Waals surface area contributed by atoms with E-state index in [1.54, 1.807) is 13.8 Å². The van der Waals surface area contributed by atoms with Gasteiger partial charge < -0.3 is 24.1 Å². The summed E-state index contributed by atoms with van der Waals surface area (Å²) in [6.07, 6.45) is -3.44. The van der Waals surface area contributed by atoms with E-state index in [0.717, 1.165) is 0 Å². The second-order valence-corrected chi connectivity index (χ2v) is 4.42. The smallest absolute Gasteiger partial charge is 0.338 e. The number of carbonyl (C=O) groups excluding carboxylic acids is 1. The highest BCUT2D eigenvalue weighted by Gasteiger charge is 2.62. The fourth-order valence-electron chi connectivity index (χ4n) is 2.23. The molecule has 0 radical (unpaired) electrons. The number of fused-ring (bicyclic) bond motifs is 3. The van der Waals surface area contributed by atoms with Gasteiger partial charge in [-0.05, 0) is 13.8 Å². The van der Waals surface area contributed by atoms with E-state index in [1.807, 2.05) is 0 Å². The number of rotatable bonds is 0. The molecule has 3 heterocycles. The molecule has 0 saturated carbocycles. The average Bonchev–Trinajstić information content (AvgIpc) is 2.66. The van der Waals surface area contributed by atoms with Gasteiger partial charge in [0.15, 0.2) is 30.4 Å². The molecular weight excluding hydrogens is 204 g/mol. The number of carbonyl (C=O) groups is 1. The number of hydrogen-bond acceptors (Lipinski definition) is 6. The van der Waals surface area contributed by atoms with Crippen molar-refractivity contribution in [2.75, 3.05) is 0 Å². The predicted molar refractivity (Wildman–Crippen MR) is 44.6 cm³/mol. The largest absolute Gasteiger partial charge is 0.454 e. The second-order valence-electron chi connectivity index (χ2n) is 4.42. The Balaban J connectivity index is 1.83. The lowest BCUT2D eigenvalue weighted by Gasteiger charge is -2.20. The van der Waals surface area contributed by atoms with Crippen molar-refractivity contribution < 1.29 is 28.8 Å². The van der Waals surface area contributed by atoms with E-state index in [9.17, 15) is 9.90 Å². The zero-order chi connectivity index (χ0) is 10.8. The molecule has 3 aliphatic heterocycles. The Morgan fingerprint density at radius 2 is 1.93 bits per heavy atom. The van der Waals surface area contributed by atoms with Gasteiger partial charge in [-0.3, -0.25) is 0 Å². The normalized spacial score (nSPS) is 51.4. The standard InChI is InChI=1S/C9H12O6/c1-9(2)14-6-5-4(13-8(6)15-9)3(10)7(11)12-5/h3-6,8,10H,1-2H3/t3-,4?,5?,6+,8+/m0/s1. The number of aliphatic hydroxyl groups is 1. The first-order chi connectivity index (χ1) is 6.98. The molecule has 0 aliphatic carbocycles. The average molecular weight is 216 g/mol. The molecule has 0 bridgehead atoms. The molecule has 3 aliphatic rings. The van der Waals surface area contributed by atoms with Gasteiger partial charge in [0.1, 0.15) is 6.10 Å². The van der Waals surface area contributed by atoms with Crippen molar-refractivity contribution in [3.05, 3.63) is 0 Å². The van der Waals surface area contributed by atoms with E-state index in [0.29, 0.717) is 0 Å². The lowest BCUT2D eigenvalue weighted by atomic mass is 10.1. The Morgan fingerprint density at radius 1 is 1.20 bits per heavy atom. The zero-order valence-corrected chi connectivity index (χ0v) is 8.38. The summed E-state index contributed by atoms with van der Waals surface area (Å²) < 4.78 is 21.4. The van der Waals surface area contributed by atoms with Crippen molar-refractivity contribution in [3.8, 4) is 0 Å². The van der Waals surface area contributed by atoms with Crippen molar-refractivity contribution in [1.29, 1.82) is 0 Å². The molecule has 3 rings (SSSR count). The zero-order valence-electron chi connectivity index (χ0n) is 8.38. The van der Waals surface area contributed by atoms with Crippen LogP contribution in [0.3, 0.4) is 0 Å². The Morgan fingerprint density at radius 3 is 2.67 bits per heavy atom. The summed E-state index contributed by atoms with van der Waals surface area (Å²) in [5.41, 5.74) is 0. The van der Waals surface area contributed by atoms with Crippen molar-refractivity contribution in [2.24, 2.45) is 0 Å². The summed E-state index contributed by atoms with van der Waals surface area (Å²) in [5.74, 6) is -1.39. The maximum atomic E-state index is 11.1. The third-order valence-corrected chi connectivity index (χ3v) is 2.83. The summed E-state index contributed by atoms with van der Waals surface area (Å²) >= 11 is 0. The van der Waals surface area contributed by atoms with Gasteiger partial charge in [-0.15, -0.1) is 0 Å². The predicted octanol–water partition coefficient (Wildman–Crippen LogP) is -0.851. The summed E-state index contributed by atoms with van der Waals surface area (Å²) in [6.45, 7) is 3.52. The minimum Gasteiger partial charge on any atom is -0.454 e. The lowest BCUT2D eigenvalue weighted by molar-refractivity contribution is -0.214. The molecule has 84 valence electrons. The van der Waals surface area contributed by atoms with Crippen LogP contribution in [-0.4, -0.2) is 47.6 Å². The summed E-state index contributed by atoms with van der Waals surface area (Å²) in [5, 5.41) is 9.44. The third-order valence-electron chi connectivity index (χ3n) is 2.83. The second kappa shape index (κ2) is 2.70. The highest BCUT2D eigenvalue weighted by molar-refractivity contribution is 5.78. The van der Waals surface area contributed by atoms with Gasteiger partial charge >= 0.3 is 5.97 Å². The van der Waals surface area contributed by atoms with Gasteiger partial charge in [-0.2, -0.15) is 0 Å². The van der Waals surface area contributed by atoms with Gasteiger partial charge in [0.05, 0.1) is 0 Å². The van der Waals surface area contributed by atoms with Crippen LogP contribution in [0.1, 0.15) is 13.8 Å². The molecule has 3 saturated heterocycles. The van der Waals surface area contributed by atoms with Crippen LogP contribution in [0, 0.1) is 0 Å². The van der Waals surface area contributed by atoms with Crippen LogP contribution in [0.4, 0.5) is 0 Å². The van der Waals surface area contributed by atoms with Crippen molar-refractivity contribution in [3.63, 3.8) is 0 Å². The molecule has 2 unspecified atom stereocenters. The van der Waals surface area contributed by atoms with Crippen LogP contribution in [0.25, 0.3) is 0 Å². The van der Waals surface area contributed by atoms with Gasteiger partial charge in [-0.1, -0.05) is 0 Å². The monoisotopic (exact) mass is 216 g/mol. The summed E-state index contributed by atoms with van der Waals surface area (Å²) in [4.78, 5) is 11.1. The van der Waals surface area contributed by atoms with Crippen LogP contribution < -0.4 is 0 Å². The first-order valence-corrected chi connectivity index (χ1v) is 4.88. The fraction of sp³-hybridized carbons (Fsp3) is 0.889. The third kappa shape index (κ3) is 1.22. The van der Waals surface area contributed by atoms with Crippen molar-refractivity contribution in [1.82, 2.24) is 0 Å². The van der Waals surface area contributed by atoms with Crippen molar-refractivity contribution >= 4 is 5.97 Å². The molecule has 15 heavy (non-hydrogen) atoms. The first-order valence-electron chi connectivity index (χ1n) is 4.88. The minimum atomic E-state index is -1.23. The molecule has 6 heteroatoms. The molecule has 3 fully saturated rings. The van der Waals surface area contributed by atoms with Crippen LogP contribution in [0.2, 0.25) is 0 Å². The molecule has 5 atom stereocenters. The minimum absolute atomic E-state index is 0.439. The Kier molecular flexibility index (Phi) is 1.72. The van der Waals surface area contributed by atoms with E-state index in [4.69, 9.17) is 18.9 Å². The molecular formula is C9H12O6. The molecule has 0 aromatic heterocycles. The highest BCUT2D eigenvalue weighted by atomic mass is 16.8. The SMILES string of the molecule is CC1(C)O[C@H]2OC3C(OC(=O)[C@H]3O)[C@H]2O1. The number of ether oxygens (including phenoxy) is 4. The number of esters is 1. The van der Waals surface area contributed by atoms with Gasteiger partial charge in [-0.25, -0.2) is 4.79 Å². The topological polar surface area (TPSA) is 74.2 Å². The molecule has 0 amide bonds.